The lowest BCUT2D eigenvalue weighted by Crippen LogP contribution is -2.07. The van der Waals surface area contributed by atoms with Crippen LogP contribution in [0.1, 0.15) is 21.5 Å². The maximum atomic E-state index is 10.9. The van der Waals surface area contributed by atoms with Crippen molar-refractivity contribution in [2.24, 2.45) is 5.10 Å². The van der Waals surface area contributed by atoms with Gasteiger partial charge in [-0.15, -0.1) is 0 Å². The summed E-state index contributed by atoms with van der Waals surface area (Å²) in [5, 5.41) is 13.5. The summed E-state index contributed by atoms with van der Waals surface area (Å²) in [6.07, 6.45) is 0. The van der Waals surface area contributed by atoms with Gasteiger partial charge in [0.15, 0.2) is 0 Å². The van der Waals surface area contributed by atoms with E-state index in [2.05, 4.69) is 26.5 Å². The zero-order chi connectivity index (χ0) is 17.6. The Balaban J connectivity index is 1.96. The highest BCUT2D eigenvalue weighted by molar-refractivity contribution is 9.10. The number of carbonyl (C=O) groups is 1. The molecule has 0 aliphatic rings. The first-order valence-electron chi connectivity index (χ1n) is 7.62. The summed E-state index contributed by atoms with van der Waals surface area (Å²) >= 11 is 3.57. The van der Waals surface area contributed by atoms with Gasteiger partial charge in [0.1, 0.15) is 0 Å². The van der Waals surface area contributed by atoms with Gasteiger partial charge in [0.25, 0.3) is 0 Å². The van der Waals surface area contributed by atoms with Crippen molar-refractivity contribution in [2.75, 3.05) is 5.43 Å². The highest BCUT2D eigenvalue weighted by Crippen LogP contribution is 2.21. The quantitative estimate of drug-likeness (QED) is 0.472. The van der Waals surface area contributed by atoms with Crippen LogP contribution in [0, 0.1) is 0 Å². The van der Waals surface area contributed by atoms with Gasteiger partial charge < -0.3 is 5.11 Å². The number of rotatable bonds is 5. The fourth-order valence-electron chi connectivity index (χ4n) is 2.34. The van der Waals surface area contributed by atoms with Crippen LogP contribution < -0.4 is 5.43 Å². The smallest absolute Gasteiger partial charge is 0.335 e. The van der Waals surface area contributed by atoms with E-state index in [0.29, 0.717) is 5.69 Å². The number of anilines is 1. The number of hydrogen-bond acceptors (Lipinski definition) is 3. The minimum atomic E-state index is -0.951. The molecule has 3 rings (SSSR count). The minimum Gasteiger partial charge on any atom is -0.478 e. The third-order valence-electron chi connectivity index (χ3n) is 3.60. The summed E-state index contributed by atoms with van der Waals surface area (Å²) < 4.78 is 0.945. The molecule has 3 aromatic rings. The van der Waals surface area contributed by atoms with E-state index in [-0.39, 0.29) is 5.56 Å². The number of aromatic carboxylic acids is 1. The van der Waals surface area contributed by atoms with Crippen molar-refractivity contribution in [3.05, 3.63) is 100 Å². The molecule has 4 nitrogen and oxygen atoms in total. The molecular formula is C20H15BrN2O2. The molecule has 0 aromatic heterocycles. The molecule has 0 heterocycles. The molecule has 0 radical (unpaired) electrons. The number of hydrazone groups is 1. The van der Waals surface area contributed by atoms with Gasteiger partial charge in [-0.2, -0.15) is 5.10 Å². The third-order valence-corrected chi connectivity index (χ3v) is 4.30. The Hall–Kier alpha value is -2.92. The van der Waals surface area contributed by atoms with Crippen molar-refractivity contribution in [3.63, 3.8) is 0 Å². The van der Waals surface area contributed by atoms with E-state index in [1.807, 2.05) is 54.6 Å². The first kappa shape index (κ1) is 16.9. The predicted octanol–water partition coefficient (Wildman–Crippen LogP) is 5.01. The van der Waals surface area contributed by atoms with E-state index < -0.39 is 5.97 Å². The van der Waals surface area contributed by atoms with Crippen LogP contribution in [0.15, 0.2) is 88.4 Å². The normalized spacial score (nSPS) is 11.2. The van der Waals surface area contributed by atoms with Crippen molar-refractivity contribution >= 4 is 33.3 Å². The molecule has 5 heteroatoms. The summed E-state index contributed by atoms with van der Waals surface area (Å²) in [5.41, 5.74) is 6.69. The average Bonchev–Trinajstić information content (AvgIpc) is 2.64. The van der Waals surface area contributed by atoms with Gasteiger partial charge >= 0.3 is 5.97 Å². The number of carboxylic acids is 1. The zero-order valence-electron chi connectivity index (χ0n) is 13.2. The number of hydrogen-bond donors (Lipinski definition) is 2. The molecule has 0 saturated carbocycles. The minimum absolute atomic E-state index is 0.239. The molecule has 0 spiro atoms. The molecular weight excluding hydrogens is 380 g/mol. The first-order chi connectivity index (χ1) is 12.1. The summed E-state index contributed by atoms with van der Waals surface area (Å²) in [4.78, 5) is 10.9. The van der Waals surface area contributed by atoms with Crippen molar-refractivity contribution in [3.8, 4) is 0 Å². The third kappa shape index (κ3) is 4.14. The maximum Gasteiger partial charge on any atom is 0.335 e. The average molecular weight is 395 g/mol. The van der Waals surface area contributed by atoms with Crippen molar-refractivity contribution in [1.82, 2.24) is 0 Å². The van der Waals surface area contributed by atoms with Crippen LogP contribution in [0.5, 0.6) is 0 Å². The number of nitrogens with zero attached hydrogens (tertiary/aromatic N) is 1. The molecule has 0 aliphatic carbocycles. The fraction of sp³-hybridized carbons (Fsp3) is 0. The Kier molecular flexibility index (Phi) is 5.26. The summed E-state index contributed by atoms with van der Waals surface area (Å²) in [5.74, 6) is -0.951. The first-order valence-corrected chi connectivity index (χ1v) is 8.42. The summed E-state index contributed by atoms with van der Waals surface area (Å²) in [7, 11) is 0. The van der Waals surface area contributed by atoms with Gasteiger partial charge in [0.05, 0.1) is 17.0 Å². The molecule has 0 bridgehead atoms. The second kappa shape index (κ2) is 7.77. The molecule has 0 fully saturated rings. The van der Waals surface area contributed by atoms with E-state index in [4.69, 9.17) is 5.11 Å². The molecule has 0 atom stereocenters. The molecule has 124 valence electrons. The van der Waals surface area contributed by atoms with Gasteiger partial charge in [0.2, 0.25) is 0 Å². The molecule has 0 saturated heterocycles. The van der Waals surface area contributed by atoms with Crippen LogP contribution in [0.3, 0.4) is 0 Å². The predicted molar refractivity (Wildman–Crippen MR) is 103 cm³/mol. The van der Waals surface area contributed by atoms with E-state index in [9.17, 15) is 4.79 Å². The van der Waals surface area contributed by atoms with Crippen molar-refractivity contribution in [2.45, 2.75) is 0 Å². The number of nitrogens with one attached hydrogen (secondary N) is 1. The zero-order valence-corrected chi connectivity index (χ0v) is 14.8. The monoisotopic (exact) mass is 394 g/mol. The highest BCUT2D eigenvalue weighted by atomic mass is 79.9. The van der Waals surface area contributed by atoms with E-state index >= 15 is 0 Å². The molecule has 0 amide bonds. The van der Waals surface area contributed by atoms with Crippen LogP contribution in [0.25, 0.3) is 0 Å². The Labute approximate surface area is 154 Å². The lowest BCUT2D eigenvalue weighted by Gasteiger charge is -2.10. The summed E-state index contributed by atoms with van der Waals surface area (Å²) in [6, 6.07) is 24.2. The van der Waals surface area contributed by atoms with Crippen molar-refractivity contribution in [1.29, 1.82) is 0 Å². The number of halogens is 1. The van der Waals surface area contributed by atoms with Crippen molar-refractivity contribution < 1.29 is 9.90 Å². The van der Waals surface area contributed by atoms with E-state index in [1.165, 1.54) is 0 Å². The second-order valence-electron chi connectivity index (χ2n) is 5.30. The van der Waals surface area contributed by atoms with Gasteiger partial charge in [-0.3, -0.25) is 5.43 Å². The molecule has 0 unspecified atom stereocenters. The molecule has 0 aliphatic heterocycles. The Morgan fingerprint density at radius 2 is 1.48 bits per heavy atom. The van der Waals surface area contributed by atoms with Gasteiger partial charge in [-0.05, 0) is 30.3 Å². The lowest BCUT2D eigenvalue weighted by molar-refractivity contribution is 0.0697. The maximum absolute atomic E-state index is 10.9. The standard InChI is InChI=1S/C20H15BrN2O2/c21-18-9-5-4-8-17(18)19(14-6-2-1-3-7-14)23-22-16-12-10-15(11-13-16)20(24)25/h1-13,22H,(H,24,25). The topological polar surface area (TPSA) is 61.7 Å². The Bertz CT molecular complexity index is 906. The van der Waals surface area contributed by atoms with Crippen LogP contribution in [-0.2, 0) is 0 Å². The Morgan fingerprint density at radius 1 is 0.840 bits per heavy atom. The number of benzene rings is 3. The van der Waals surface area contributed by atoms with Crippen LogP contribution >= 0.6 is 15.9 Å². The SMILES string of the molecule is O=C(O)c1ccc(NN=C(c2ccccc2)c2ccccc2Br)cc1. The highest BCUT2D eigenvalue weighted by Gasteiger charge is 2.10. The summed E-state index contributed by atoms with van der Waals surface area (Å²) in [6.45, 7) is 0. The number of carboxylic acid groups (broad SMARTS) is 1. The Morgan fingerprint density at radius 3 is 2.12 bits per heavy atom. The van der Waals surface area contributed by atoms with Gasteiger partial charge in [-0.1, -0.05) is 64.5 Å². The fourth-order valence-corrected chi connectivity index (χ4v) is 2.81. The van der Waals surface area contributed by atoms with Gasteiger partial charge in [0, 0.05) is 15.6 Å². The van der Waals surface area contributed by atoms with E-state index in [1.54, 1.807) is 24.3 Å². The molecule has 3 aromatic carbocycles. The van der Waals surface area contributed by atoms with E-state index in [0.717, 1.165) is 21.3 Å². The largest absolute Gasteiger partial charge is 0.478 e. The van der Waals surface area contributed by atoms with Gasteiger partial charge in [-0.25, -0.2) is 4.79 Å². The molecule has 2 N–H and O–H groups in total. The second-order valence-corrected chi connectivity index (χ2v) is 6.15. The van der Waals surface area contributed by atoms with Crippen LogP contribution in [-0.4, -0.2) is 16.8 Å². The lowest BCUT2D eigenvalue weighted by atomic mass is 10.0. The van der Waals surface area contributed by atoms with Crippen LogP contribution in [0.4, 0.5) is 5.69 Å². The molecule has 25 heavy (non-hydrogen) atoms. The van der Waals surface area contributed by atoms with Crippen LogP contribution in [0.2, 0.25) is 0 Å².